The number of hydrogen-bond acceptors (Lipinski definition) is 4. The number of anilines is 2. The van der Waals surface area contributed by atoms with Crippen molar-refractivity contribution in [2.24, 2.45) is 0 Å². The minimum absolute atomic E-state index is 0.168. The van der Waals surface area contributed by atoms with Crippen LogP contribution in [-0.2, 0) is 4.74 Å². The van der Waals surface area contributed by atoms with Crippen LogP contribution in [0.15, 0.2) is 41.0 Å². The van der Waals surface area contributed by atoms with Crippen LogP contribution in [0.2, 0.25) is 0 Å². The number of benzene rings is 1. The molecule has 2 N–H and O–H groups in total. The van der Waals surface area contributed by atoms with Crippen molar-refractivity contribution in [1.82, 2.24) is 4.98 Å². The molecule has 0 saturated heterocycles. The molecular weight excluding hydrogens is 346 g/mol. The van der Waals surface area contributed by atoms with Gasteiger partial charge < -0.3 is 15.4 Å². The van der Waals surface area contributed by atoms with Gasteiger partial charge in [0.1, 0.15) is 5.82 Å². The first-order valence-electron chi connectivity index (χ1n) is 6.86. The molecule has 0 aliphatic heterocycles. The van der Waals surface area contributed by atoms with Gasteiger partial charge in [-0.15, -0.1) is 0 Å². The number of carbonyl (C=O) groups is 1. The molecule has 0 saturated carbocycles. The Morgan fingerprint density at radius 2 is 2.14 bits per heavy atom. The third-order valence-corrected chi connectivity index (χ3v) is 3.94. The molecule has 0 aliphatic rings. The van der Waals surface area contributed by atoms with Gasteiger partial charge in [0.15, 0.2) is 0 Å². The molecule has 1 aromatic carbocycles. The summed E-state index contributed by atoms with van der Waals surface area (Å²) in [6.07, 6.45) is 1.61. The largest absolute Gasteiger partial charge is 0.383 e. The fourth-order valence-electron chi connectivity index (χ4n) is 1.88. The molecular formula is C16H18BrN3O2. The van der Waals surface area contributed by atoms with Crippen molar-refractivity contribution < 1.29 is 9.53 Å². The van der Waals surface area contributed by atoms with E-state index in [1.807, 2.05) is 25.1 Å². The first kappa shape index (κ1) is 16.5. The molecule has 0 fully saturated rings. The maximum atomic E-state index is 12.3. The molecule has 0 radical (unpaired) electrons. The Balaban J connectivity index is 2.05. The number of methoxy groups -OCH3 is 1. The molecule has 1 aromatic heterocycles. The van der Waals surface area contributed by atoms with Crippen molar-refractivity contribution in [2.75, 3.05) is 30.9 Å². The Morgan fingerprint density at radius 3 is 2.86 bits per heavy atom. The molecule has 0 aliphatic carbocycles. The fourth-order valence-corrected chi connectivity index (χ4v) is 2.12. The lowest BCUT2D eigenvalue weighted by Crippen LogP contribution is -2.14. The van der Waals surface area contributed by atoms with Crippen LogP contribution in [0, 0.1) is 6.92 Å². The highest BCUT2D eigenvalue weighted by atomic mass is 79.9. The minimum Gasteiger partial charge on any atom is -0.383 e. The Bertz CT molecular complexity index is 662. The second kappa shape index (κ2) is 7.91. The maximum absolute atomic E-state index is 12.3. The number of aromatic nitrogens is 1. The molecule has 22 heavy (non-hydrogen) atoms. The van der Waals surface area contributed by atoms with E-state index in [1.165, 1.54) is 0 Å². The SMILES string of the molecule is COCCNc1cc(C(=O)Nc2ccc(Br)c(C)c2)ccn1. The van der Waals surface area contributed by atoms with E-state index < -0.39 is 0 Å². The van der Waals surface area contributed by atoms with E-state index in [-0.39, 0.29) is 5.91 Å². The summed E-state index contributed by atoms with van der Waals surface area (Å²) in [5, 5.41) is 5.98. The number of carbonyl (C=O) groups excluding carboxylic acids is 1. The van der Waals surface area contributed by atoms with E-state index >= 15 is 0 Å². The van der Waals surface area contributed by atoms with Gasteiger partial charge in [-0.05, 0) is 42.8 Å². The molecule has 116 valence electrons. The average molecular weight is 364 g/mol. The van der Waals surface area contributed by atoms with Gasteiger partial charge in [-0.25, -0.2) is 4.98 Å². The predicted octanol–water partition coefficient (Wildman–Crippen LogP) is 3.46. The molecule has 5 nitrogen and oxygen atoms in total. The van der Waals surface area contributed by atoms with Gasteiger partial charge in [0.2, 0.25) is 0 Å². The Hall–Kier alpha value is -1.92. The summed E-state index contributed by atoms with van der Waals surface area (Å²) in [4.78, 5) is 16.5. The van der Waals surface area contributed by atoms with E-state index in [9.17, 15) is 4.79 Å². The van der Waals surface area contributed by atoms with E-state index in [0.29, 0.717) is 24.5 Å². The molecule has 2 aromatic rings. The lowest BCUT2D eigenvalue weighted by molar-refractivity contribution is 0.102. The minimum atomic E-state index is -0.168. The number of aryl methyl sites for hydroxylation is 1. The molecule has 0 unspecified atom stereocenters. The van der Waals surface area contributed by atoms with Crippen LogP contribution < -0.4 is 10.6 Å². The lowest BCUT2D eigenvalue weighted by Gasteiger charge is -2.09. The second-order valence-corrected chi connectivity index (χ2v) is 5.62. The quantitative estimate of drug-likeness (QED) is 0.771. The number of nitrogens with zero attached hydrogens (tertiary/aromatic N) is 1. The number of rotatable bonds is 6. The van der Waals surface area contributed by atoms with Crippen LogP contribution in [0.1, 0.15) is 15.9 Å². The fraction of sp³-hybridized carbons (Fsp3) is 0.250. The molecule has 0 spiro atoms. The van der Waals surface area contributed by atoms with Gasteiger partial charge in [0.05, 0.1) is 6.61 Å². The van der Waals surface area contributed by atoms with Gasteiger partial charge in [0, 0.05) is 35.6 Å². The number of halogens is 1. The van der Waals surface area contributed by atoms with Crippen LogP contribution >= 0.6 is 15.9 Å². The molecule has 0 atom stereocenters. The average Bonchev–Trinajstić information content (AvgIpc) is 2.51. The van der Waals surface area contributed by atoms with E-state index in [1.54, 1.807) is 25.4 Å². The third kappa shape index (κ3) is 4.54. The molecule has 1 heterocycles. The normalized spacial score (nSPS) is 10.3. The Morgan fingerprint density at radius 1 is 1.32 bits per heavy atom. The van der Waals surface area contributed by atoms with Crippen LogP contribution in [0.4, 0.5) is 11.5 Å². The standard InChI is InChI=1S/C16H18BrN3O2/c1-11-9-13(3-4-14(11)17)20-16(21)12-5-6-18-15(10-12)19-7-8-22-2/h3-6,9-10H,7-8H2,1-2H3,(H,18,19)(H,20,21). The van der Waals surface area contributed by atoms with E-state index in [2.05, 4.69) is 31.5 Å². The topological polar surface area (TPSA) is 63.2 Å². The zero-order valence-electron chi connectivity index (χ0n) is 12.5. The zero-order chi connectivity index (χ0) is 15.9. The van der Waals surface area contributed by atoms with Crippen molar-refractivity contribution in [3.8, 4) is 0 Å². The number of pyridine rings is 1. The maximum Gasteiger partial charge on any atom is 0.255 e. The Kier molecular flexibility index (Phi) is 5.91. The summed E-state index contributed by atoms with van der Waals surface area (Å²) < 4.78 is 5.98. The van der Waals surface area contributed by atoms with Gasteiger partial charge in [-0.3, -0.25) is 4.79 Å². The Labute approximate surface area is 138 Å². The van der Waals surface area contributed by atoms with Crippen molar-refractivity contribution in [2.45, 2.75) is 6.92 Å². The zero-order valence-corrected chi connectivity index (χ0v) is 14.1. The molecule has 0 bridgehead atoms. The number of hydrogen-bond donors (Lipinski definition) is 2. The highest BCUT2D eigenvalue weighted by molar-refractivity contribution is 9.10. The molecule has 6 heteroatoms. The van der Waals surface area contributed by atoms with Crippen molar-refractivity contribution >= 4 is 33.3 Å². The van der Waals surface area contributed by atoms with Crippen molar-refractivity contribution in [1.29, 1.82) is 0 Å². The van der Waals surface area contributed by atoms with E-state index in [0.717, 1.165) is 15.7 Å². The smallest absolute Gasteiger partial charge is 0.255 e. The third-order valence-electron chi connectivity index (χ3n) is 3.05. The summed E-state index contributed by atoms with van der Waals surface area (Å²) in [7, 11) is 1.64. The summed E-state index contributed by atoms with van der Waals surface area (Å²) >= 11 is 3.44. The summed E-state index contributed by atoms with van der Waals surface area (Å²) in [5.74, 6) is 0.482. The van der Waals surface area contributed by atoms with Gasteiger partial charge >= 0.3 is 0 Å². The lowest BCUT2D eigenvalue weighted by atomic mass is 10.2. The van der Waals surface area contributed by atoms with Gasteiger partial charge in [0.25, 0.3) is 5.91 Å². The number of nitrogens with one attached hydrogen (secondary N) is 2. The van der Waals surface area contributed by atoms with Gasteiger partial charge in [-0.1, -0.05) is 15.9 Å². The van der Waals surface area contributed by atoms with Crippen molar-refractivity contribution in [3.63, 3.8) is 0 Å². The van der Waals surface area contributed by atoms with E-state index in [4.69, 9.17) is 4.74 Å². The molecule has 2 rings (SSSR count). The first-order valence-corrected chi connectivity index (χ1v) is 7.66. The summed E-state index contributed by atoms with van der Waals surface area (Å²) in [5.41, 5.74) is 2.38. The van der Waals surface area contributed by atoms with Gasteiger partial charge in [-0.2, -0.15) is 0 Å². The second-order valence-electron chi connectivity index (χ2n) is 4.77. The first-order chi connectivity index (χ1) is 10.6. The summed E-state index contributed by atoms with van der Waals surface area (Å²) in [6.45, 7) is 3.20. The monoisotopic (exact) mass is 363 g/mol. The molecule has 1 amide bonds. The highest BCUT2D eigenvalue weighted by Gasteiger charge is 2.08. The van der Waals surface area contributed by atoms with Crippen LogP contribution in [-0.4, -0.2) is 31.2 Å². The number of amides is 1. The predicted molar refractivity (Wildman–Crippen MR) is 91.4 cm³/mol. The highest BCUT2D eigenvalue weighted by Crippen LogP contribution is 2.20. The van der Waals surface area contributed by atoms with Crippen LogP contribution in [0.3, 0.4) is 0 Å². The van der Waals surface area contributed by atoms with Crippen LogP contribution in [0.5, 0.6) is 0 Å². The van der Waals surface area contributed by atoms with Crippen LogP contribution in [0.25, 0.3) is 0 Å². The number of ether oxygens (including phenoxy) is 1. The summed E-state index contributed by atoms with van der Waals surface area (Å²) in [6, 6.07) is 9.09. The van der Waals surface area contributed by atoms with Crippen molar-refractivity contribution in [3.05, 3.63) is 52.1 Å².